The van der Waals surface area contributed by atoms with E-state index in [1.807, 2.05) is 11.0 Å². The van der Waals surface area contributed by atoms with Gasteiger partial charge in [0.05, 0.1) is 6.10 Å². The van der Waals surface area contributed by atoms with Crippen molar-refractivity contribution in [2.75, 3.05) is 18.0 Å². The highest BCUT2D eigenvalue weighted by atomic mass is 19.1. The molecule has 3 heterocycles. The molecule has 25 heavy (non-hydrogen) atoms. The van der Waals surface area contributed by atoms with E-state index in [1.165, 1.54) is 12.1 Å². The Morgan fingerprint density at radius 3 is 2.96 bits per heavy atom. The number of β-amino-alcohol motifs (C(OH)–C–C–N with tert-alkyl or cyclic N) is 1. The molecule has 2 aromatic heterocycles. The van der Waals surface area contributed by atoms with Gasteiger partial charge >= 0.3 is 0 Å². The van der Waals surface area contributed by atoms with Gasteiger partial charge in [0, 0.05) is 30.4 Å². The normalized spacial score (nSPS) is 17.7. The zero-order chi connectivity index (χ0) is 17.2. The molecule has 0 amide bonds. The highest BCUT2D eigenvalue weighted by Crippen LogP contribution is 2.26. The number of aliphatic hydroxyl groups is 1. The van der Waals surface area contributed by atoms with E-state index in [9.17, 15) is 9.50 Å². The molecule has 128 valence electrons. The third kappa shape index (κ3) is 3.36. The lowest BCUT2D eigenvalue weighted by atomic mass is 10.1. The maximum Gasteiger partial charge on any atom is 0.258 e. The molecular weight excluding hydrogens is 323 g/mol. The van der Waals surface area contributed by atoms with Crippen LogP contribution < -0.4 is 4.90 Å². The SMILES string of the molecule is OC1CCCN(c2cc(-c3nc(-c4cccc(F)c4)no3)ccn2)C1. The second-order valence-corrected chi connectivity index (χ2v) is 6.08. The Balaban J connectivity index is 1.61. The molecule has 1 saturated heterocycles. The van der Waals surface area contributed by atoms with Crippen molar-refractivity contribution in [3.8, 4) is 22.8 Å². The van der Waals surface area contributed by atoms with Crippen LogP contribution in [-0.4, -0.2) is 39.4 Å². The van der Waals surface area contributed by atoms with E-state index >= 15 is 0 Å². The summed E-state index contributed by atoms with van der Waals surface area (Å²) in [4.78, 5) is 10.8. The number of aliphatic hydroxyl groups excluding tert-OH is 1. The van der Waals surface area contributed by atoms with Gasteiger partial charge in [0.2, 0.25) is 5.82 Å². The first kappa shape index (κ1) is 15.7. The molecular formula is C18H17FN4O2. The van der Waals surface area contributed by atoms with Crippen LogP contribution in [0.15, 0.2) is 47.1 Å². The largest absolute Gasteiger partial charge is 0.391 e. The summed E-state index contributed by atoms with van der Waals surface area (Å²) >= 11 is 0. The number of halogens is 1. The lowest BCUT2D eigenvalue weighted by Crippen LogP contribution is -2.38. The van der Waals surface area contributed by atoms with E-state index in [0.29, 0.717) is 23.8 Å². The average molecular weight is 340 g/mol. The fraction of sp³-hybridized carbons (Fsp3) is 0.278. The van der Waals surface area contributed by atoms with Crippen molar-refractivity contribution in [2.45, 2.75) is 18.9 Å². The summed E-state index contributed by atoms with van der Waals surface area (Å²) in [7, 11) is 0. The first-order chi connectivity index (χ1) is 12.2. The van der Waals surface area contributed by atoms with Gasteiger partial charge in [-0.15, -0.1) is 0 Å². The van der Waals surface area contributed by atoms with Crippen molar-refractivity contribution < 1.29 is 14.0 Å². The van der Waals surface area contributed by atoms with Gasteiger partial charge < -0.3 is 14.5 Å². The fourth-order valence-electron chi connectivity index (χ4n) is 2.97. The smallest absolute Gasteiger partial charge is 0.258 e. The summed E-state index contributed by atoms with van der Waals surface area (Å²) < 4.78 is 18.7. The standard InChI is InChI=1S/C18H17FN4O2/c19-14-4-1-3-12(9-14)17-21-18(25-22-17)13-6-7-20-16(10-13)23-8-2-5-15(24)11-23/h1,3-4,6-7,9-10,15,24H,2,5,8,11H2. The number of aromatic nitrogens is 3. The van der Waals surface area contributed by atoms with E-state index in [1.54, 1.807) is 24.4 Å². The second-order valence-electron chi connectivity index (χ2n) is 6.08. The lowest BCUT2D eigenvalue weighted by Gasteiger charge is -2.31. The summed E-state index contributed by atoms with van der Waals surface area (Å²) in [5.74, 6) is 1.10. The summed E-state index contributed by atoms with van der Waals surface area (Å²) in [5, 5.41) is 13.8. The van der Waals surface area contributed by atoms with Crippen molar-refractivity contribution in [2.24, 2.45) is 0 Å². The van der Waals surface area contributed by atoms with E-state index in [-0.39, 0.29) is 11.9 Å². The van der Waals surface area contributed by atoms with Crippen LogP contribution in [0.4, 0.5) is 10.2 Å². The fourth-order valence-corrected chi connectivity index (χ4v) is 2.97. The molecule has 1 unspecified atom stereocenters. The minimum atomic E-state index is -0.348. The Morgan fingerprint density at radius 1 is 1.20 bits per heavy atom. The number of nitrogens with zero attached hydrogens (tertiary/aromatic N) is 4. The molecule has 1 atom stereocenters. The summed E-state index contributed by atoms with van der Waals surface area (Å²) in [6.45, 7) is 1.42. The van der Waals surface area contributed by atoms with Crippen LogP contribution >= 0.6 is 0 Å². The average Bonchev–Trinajstić information content (AvgIpc) is 3.12. The Bertz CT molecular complexity index is 883. The van der Waals surface area contributed by atoms with Crippen molar-refractivity contribution in [1.82, 2.24) is 15.1 Å². The van der Waals surface area contributed by atoms with Gasteiger partial charge in [-0.1, -0.05) is 17.3 Å². The number of pyridine rings is 1. The molecule has 0 saturated carbocycles. The van der Waals surface area contributed by atoms with Crippen LogP contribution in [0, 0.1) is 5.82 Å². The number of rotatable bonds is 3. The molecule has 6 nitrogen and oxygen atoms in total. The van der Waals surface area contributed by atoms with Crippen LogP contribution in [0.5, 0.6) is 0 Å². The van der Waals surface area contributed by atoms with E-state index in [2.05, 4.69) is 15.1 Å². The maximum absolute atomic E-state index is 13.4. The van der Waals surface area contributed by atoms with Gasteiger partial charge in [-0.25, -0.2) is 9.37 Å². The van der Waals surface area contributed by atoms with Gasteiger partial charge in [-0.05, 0) is 37.1 Å². The molecule has 4 rings (SSSR count). The van der Waals surface area contributed by atoms with Crippen molar-refractivity contribution in [3.63, 3.8) is 0 Å². The van der Waals surface area contributed by atoms with Crippen LogP contribution in [0.1, 0.15) is 12.8 Å². The number of benzene rings is 1. The van der Waals surface area contributed by atoms with Crippen LogP contribution in [-0.2, 0) is 0 Å². The minimum absolute atomic E-state index is 0.331. The first-order valence-corrected chi connectivity index (χ1v) is 8.18. The molecule has 1 fully saturated rings. The Labute approximate surface area is 143 Å². The quantitative estimate of drug-likeness (QED) is 0.790. The van der Waals surface area contributed by atoms with Gasteiger partial charge in [0.15, 0.2) is 0 Å². The molecule has 0 aliphatic carbocycles. The zero-order valence-electron chi connectivity index (χ0n) is 13.5. The van der Waals surface area contributed by atoms with Crippen molar-refractivity contribution >= 4 is 5.82 Å². The molecule has 0 radical (unpaired) electrons. The number of hydrogen-bond acceptors (Lipinski definition) is 6. The third-order valence-corrected chi connectivity index (χ3v) is 4.22. The van der Waals surface area contributed by atoms with Crippen LogP contribution in [0.3, 0.4) is 0 Å². The Hall–Kier alpha value is -2.80. The monoisotopic (exact) mass is 340 g/mol. The van der Waals surface area contributed by atoms with Gasteiger partial charge in [-0.2, -0.15) is 4.98 Å². The van der Waals surface area contributed by atoms with Gasteiger partial charge in [0.1, 0.15) is 11.6 Å². The minimum Gasteiger partial charge on any atom is -0.391 e. The molecule has 1 aromatic carbocycles. The van der Waals surface area contributed by atoms with Gasteiger partial charge in [0.25, 0.3) is 5.89 Å². The highest BCUT2D eigenvalue weighted by molar-refractivity contribution is 5.62. The maximum atomic E-state index is 13.4. The van der Waals surface area contributed by atoms with Crippen LogP contribution in [0.25, 0.3) is 22.8 Å². The van der Waals surface area contributed by atoms with Crippen molar-refractivity contribution in [1.29, 1.82) is 0 Å². The molecule has 7 heteroatoms. The summed E-state index contributed by atoms with van der Waals surface area (Å²) in [6, 6.07) is 9.71. The van der Waals surface area contributed by atoms with E-state index in [0.717, 1.165) is 30.8 Å². The third-order valence-electron chi connectivity index (χ3n) is 4.22. The highest BCUT2D eigenvalue weighted by Gasteiger charge is 2.20. The zero-order valence-corrected chi connectivity index (χ0v) is 13.5. The molecule has 1 aliphatic heterocycles. The number of hydrogen-bond donors (Lipinski definition) is 1. The second kappa shape index (κ2) is 6.60. The van der Waals surface area contributed by atoms with E-state index in [4.69, 9.17) is 4.52 Å². The predicted molar refractivity (Wildman–Crippen MR) is 90.4 cm³/mol. The van der Waals surface area contributed by atoms with Crippen LogP contribution in [0.2, 0.25) is 0 Å². The predicted octanol–water partition coefficient (Wildman–Crippen LogP) is 2.90. The summed E-state index contributed by atoms with van der Waals surface area (Å²) in [6.07, 6.45) is 3.09. The molecule has 0 spiro atoms. The van der Waals surface area contributed by atoms with Gasteiger partial charge in [-0.3, -0.25) is 0 Å². The molecule has 1 aliphatic rings. The van der Waals surface area contributed by atoms with E-state index < -0.39 is 0 Å². The van der Waals surface area contributed by atoms with Crippen molar-refractivity contribution in [3.05, 3.63) is 48.4 Å². The molecule has 1 N–H and O–H groups in total. The molecule has 0 bridgehead atoms. The Kier molecular flexibility index (Phi) is 4.15. The lowest BCUT2D eigenvalue weighted by molar-refractivity contribution is 0.154. The number of piperidine rings is 1. The topological polar surface area (TPSA) is 75.3 Å². The Morgan fingerprint density at radius 2 is 2.12 bits per heavy atom. The first-order valence-electron chi connectivity index (χ1n) is 8.18. The summed E-state index contributed by atoms with van der Waals surface area (Å²) in [5.41, 5.74) is 1.30. The number of anilines is 1. The molecule has 3 aromatic rings.